The Morgan fingerprint density at radius 1 is 1.41 bits per heavy atom. The van der Waals surface area contributed by atoms with Crippen molar-refractivity contribution >= 4 is 16.9 Å². The van der Waals surface area contributed by atoms with Crippen molar-refractivity contribution in [3.05, 3.63) is 34.5 Å². The Bertz CT molecular complexity index is 733. The Kier molecular flexibility index (Phi) is 3.93. The SMILES string of the molecule is CCCn1c(C)c(C(N)C(=O)OC)c2cc3c(cc21)CNC3. The number of aromatic nitrogens is 1. The van der Waals surface area contributed by atoms with Crippen LogP contribution in [0.25, 0.3) is 10.9 Å². The first-order chi connectivity index (χ1) is 10.6. The third kappa shape index (κ3) is 2.21. The fraction of sp³-hybridized carbons (Fsp3) is 0.471. The van der Waals surface area contributed by atoms with Gasteiger partial charge in [-0.3, -0.25) is 4.79 Å². The summed E-state index contributed by atoms with van der Waals surface area (Å²) in [4.78, 5) is 11.9. The molecule has 1 atom stereocenters. The second kappa shape index (κ2) is 5.74. The predicted octanol–water partition coefficient (Wildman–Crippen LogP) is 2.14. The lowest BCUT2D eigenvalue weighted by Gasteiger charge is -2.11. The van der Waals surface area contributed by atoms with Crippen molar-refractivity contribution in [2.24, 2.45) is 5.73 Å². The van der Waals surface area contributed by atoms with E-state index in [0.29, 0.717) is 0 Å². The highest BCUT2D eigenvalue weighted by molar-refractivity contribution is 5.92. The molecule has 2 heterocycles. The molecule has 5 nitrogen and oxygen atoms in total. The molecule has 0 saturated heterocycles. The Labute approximate surface area is 130 Å². The van der Waals surface area contributed by atoms with E-state index in [1.807, 2.05) is 6.92 Å². The molecule has 1 aromatic heterocycles. The Morgan fingerprint density at radius 2 is 2.09 bits per heavy atom. The topological polar surface area (TPSA) is 69.3 Å². The average molecular weight is 301 g/mol. The molecule has 0 saturated carbocycles. The number of nitrogens with zero attached hydrogens (tertiary/aromatic N) is 1. The van der Waals surface area contributed by atoms with E-state index in [-0.39, 0.29) is 0 Å². The first-order valence-electron chi connectivity index (χ1n) is 7.77. The molecule has 5 heteroatoms. The van der Waals surface area contributed by atoms with Gasteiger partial charge in [0.15, 0.2) is 0 Å². The molecule has 3 rings (SSSR count). The number of ether oxygens (including phenoxy) is 1. The van der Waals surface area contributed by atoms with Crippen LogP contribution in [0.1, 0.15) is 41.8 Å². The molecule has 1 aliphatic heterocycles. The molecule has 22 heavy (non-hydrogen) atoms. The number of nitrogens with two attached hydrogens (primary N) is 1. The molecule has 118 valence electrons. The van der Waals surface area contributed by atoms with E-state index in [1.165, 1.54) is 18.2 Å². The number of rotatable bonds is 4. The number of hydrogen-bond acceptors (Lipinski definition) is 4. The second-order valence-electron chi connectivity index (χ2n) is 5.89. The van der Waals surface area contributed by atoms with Crippen LogP contribution in [-0.4, -0.2) is 17.6 Å². The molecule has 1 aliphatic rings. The standard InChI is InChI=1S/C17H23N3O2/c1-4-5-20-10(2)15(16(18)17(21)22-3)13-6-11-8-19-9-12(11)7-14(13)20/h6-7,16,19H,4-5,8-9,18H2,1-3H3. The number of hydrogen-bond donors (Lipinski definition) is 2. The van der Waals surface area contributed by atoms with Gasteiger partial charge in [-0.1, -0.05) is 6.92 Å². The second-order valence-corrected chi connectivity index (χ2v) is 5.89. The molecule has 0 bridgehead atoms. The number of carbonyl (C=O) groups is 1. The molecule has 2 aromatic rings. The van der Waals surface area contributed by atoms with Gasteiger partial charge in [0.25, 0.3) is 0 Å². The largest absolute Gasteiger partial charge is 0.468 e. The van der Waals surface area contributed by atoms with Crippen molar-refractivity contribution in [3.8, 4) is 0 Å². The fourth-order valence-corrected chi connectivity index (χ4v) is 3.45. The van der Waals surface area contributed by atoms with Crippen LogP contribution in [0.5, 0.6) is 0 Å². The molecular weight excluding hydrogens is 278 g/mol. The minimum Gasteiger partial charge on any atom is -0.468 e. The molecule has 1 unspecified atom stereocenters. The van der Waals surface area contributed by atoms with Crippen LogP contribution in [0.15, 0.2) is 12.1 Å². The van der Waals surface area contributed by atoms with Crippen LogP contribution in [-0.2, 0) is 29.2 Å². The van der Waals surface area contributed by atoms with E-state index in [4.69, 9.17) is 10.5 Å². The number of methoxy groups -OCH3 is 1. The fourth-order valence-electron chi connectivity index (χ4n) is 3.45. The monoisotopic (exact) mass is 301 g/mol. The van der Waals surface area contributed by atoms with Crippen LogP contribution in [0.2, 0.25) is 0 Å². The van der Waals surface area contributed by atoms with Crippen LogP contribution in [0, 0.1) is 6.92 Å². The third-order valence-electron chi connectivity index (χ3n) is 4.54. The van der Waals surface area contributed by atoms with Gasteiger partial charge in [0.05, 0.1) is 7.11 Å². The van der Waals surface area contributed by atoms with Crippen LogP contribution in [0.3, 0.4) is 0 Å². The first-order valence-corrected chi connectivity index (χ1v) is 7.77. The molecule has 1 aromatic carbocycles. The number of fused-ring (bicyclic) bond motifs is 2. The van der Waals surface area contributed by atoms with Crippen molar-refractivity contribution < 1.29 is 9.53 Å². The Morgan fingerprint density at radius 3 is 2.73 bits per heavy atom. The summed E-state index contributed by atoms with van der Waals surface area (Å²) >= 11 is 0. The first kappa shape index (κ1) is 15.1. The number of carbonyl (C=O) groups excluding carboxylic acids is 1. The summed E-state index contributed by atoms with van der Waals surface area (Å²) in [5.74, 6) is -0.391. The van der Waals surface area contributed by atoms with E-state index in [0.717, 1.165) is 48.2 Å². The van der Waals surface area contributed by atoms with Gasteiger partial charge in [-0.15, -0.1) is 0 Å². The van der Waals surface area contributed by atoms with Gasteiger partial charge in [-0.2, -0.15) is 0 Å². The molecular formula is C17H23N3O2. The summed E-state index contributed by atoms with van der Waals surface area (Å²) in [6.07, 6.45) is 1.03. The van der Waals surface area contributed by atoms with Gasteiger partial charge in [0, 0.05) is 41.8 Å². The van der Waals surface area contributed by atoms with Crippen molar-refractivity contribution in [2.75, 3.05) is 7.11 Å². The highest BCUT2D eigenvalue weighted by Crippen LogP contribution is 2.34. The summed E-state index contributed by atoms with van der Waals surface area (Å²) in [5, 5.41) is 4.44. The van der Waals surface area contributed by atoms with Gasteiger partial charge in [0.2, 0.25) is 0 Å². The molecule has 0 aliphatic carbocycles. The quantitative estimate of drug-likeness (QED) is 0.849. The average Bonchev–Trinajstić information content (AvgIpc) is 3.07. The van der Waals surface area contributed by atoms with E-state index in [1.54, 1.807) is 0 Å². The van der Waals surface area contributed by atoms with Crippen molar-refractivity contribution in [1.29, 1.82) is 0 Å². The van der Waals surface area contributed by atoms with E-state index < -0.39 is 12.0 Å². The minimum atomic E-state index is -0.738. The highest BCUT2D eigenvalue weighted by Gasteiger charge is 2.26. The van der Waals surface area contributed by atoms with Gasteiger partial charge in [-0.25, -0.2) is 0 Å². The normalized spacial score (nSPS) is 15.1. The van der Waals surface area contributed by atoms with Crippen LogP contribution >= 0.6 is 0 Å². The number of aryl methyl sites for hydroxylation is 1. The lowest BCUT2D eigenvalue weighted by atomic mass is 10.0. The highest BCUT2D eigenvalue weighted by atomic mass is 16.5. The lowest BCUT2D eigenvalue weighted by molar-refractivity contribution is -0.142. The van der Waals surface area contributed by atoms with Gasteiger partial charge in [0.1, 0.15) is 6.04 Å². The van der Waals surface area contributed by atoms with Crippen molar-refractivity contribution in [3.63, 3.8) is 0 Å². The summed E-state index contributed by atoms with van der Waals surface area (Å²) in [6.45, 7) is 6.88. The molecule has 3 N–H and O–H groups in total. The molecule has 0 amide bonds. The molecule has 0 radical (unpaired) electrons. The number of esters is 1. The maximum atomic E-state index is 11.9. The summed E-state index contributed by atoms with van der Waals surface area (Å²) < 4.78 is 7.12. The Balaban J connectivity index is 2.26. The zero-order valence-electron chi connectivity index (χ0n) is 13.4. The van der Waals surface area contributed by atoms with E-state index in [9.17, 15) is 4.79 Å². The van der Waals surface area contributed by atoms with Crippen molar-refractivity contribution in [2.45, 2.75) is 45.9 Å². The van der Waals surface area contributed by atoms with E-state index in [2.05, 4.69) is 28.9 Å². The summed E-state index contributed by atoms with van der Waals surface area (Å²) in [7, 11) is 1.38. The minimum absolute atomic E-state index is 0.391. The predicted molar refractivity (Wildman–Crippen MR) is 86.5 cm³/mol. The van der Waals surface area contributed by atoms with Crippen molar-refractivity contribution in [1.82, 2.24) is 9.88 Å². The van der Waals surface area contributed by atoms with Gasteiger partial charge in [-0.05, 0) is 36.6 Å². The Hall–Kier alpha value is -1.85. The van der Waals surface area contributed by atoms with Gasteiger partial charge >= 0.3 is 5.97 Å². The maximum absolute atomic E-state index is 11.9. The molecule has 0 fully saturated rings. The van der Waals surface area contributed by atoms with Gasteiger partial charge < -0.3 is 20.4 Å². The summed E-state index contributed by atoms with van der Waals surface area (Å²) in [5.41, 5.74) is 11.9. The number of benzene rings is 1. The zero-order valence-corrected chi connectivity index (χ0v) is 13.4. The lowest BCUT2D eigenvalue weighted by Crippen LogP contribution is -2.23. The number of nitrogens with one attached hydrogen (secondary N) is 1. The zero-order chi connectivity index (χ0) is 15.9. The van der Waals surface area contributed by atoms with Crippen LogP contribution in [0.4, 0.5) is 0 Å². The maximum Gasteiger partial charge on any atom is 0.327 e. The molecule has 0 spiro atoms. The van der Waals surface area contributed by atoms with E-state index >= 15 is 0 Å². The van der Waals surface area contributed by atoms with Crippen LogP contribution < -0.4 is 11.1 Å². The third-order valence-corrected chi connectivity index (χ3v) is 4.54. The smallest absolute Gasteiger partial charge is 0.327 e. The summed E-state index contributed by atoms with van der Waals surface area (Å²) in [6, 6.07) is 3.68.